The van der Waals surface area contributed by atoms with Gasteiger partial charge in [0.25, 0.3) is 0 Å². The Bertz CT molecular complexity index is 259. The quantitative estimate of drug-likeness (QED) is 0.793. The van der Waals surface area contributed by atoms with Crippen molar-refractivity contribution in [3.8, 4) is 0 Å². The van der Waals surface area contributed by atoms with Crippen LogP contribution in [0.5, 0.6) is 0 Å². The highest BCUT2D eigenvalue weighted by molar-refractivity contribution is 5.79. The fourth-order valence-corrected chi connectivity index (χ4v) is 3.26. The number of rotatable bonds is 2. The summed E-state index contributed by atoms with van der Waals surface area (Å²) in [6.45, 7) is 3.28. The molecule has 2 atom stereocenters. The third kappa shape index (κ3) is 3.98. The average Bonchev–Trinajstić information content (AvgIpc) is 2.31. The van der Waals surface area contributed by atoms with Crippen molar-refractivity contribution in [1.29, 1.82) is 0 Å². The van der Waals surface area contributed by atoms with E-state index < -0.39 is 0 Å². The van der Waals surface area contributed by atoms with E-state index in [1.165, 1.54) is 38.5 Å². The summed E-state index contributed by atoms with van der Waals surface area (Å²) in [7, 11) is 0. The third-order valence-electron chi connectivity index (χ3n) is 4.57. The summed E-state index contributed by atoms with van der Waals surface area (Å²) >= 11 is 0. The van der Waals surface area contributed by atoms with Gasteiger partial charge in [0.05, 0.1) is 0 Å². The van der Waals surface area contributed by atoms with Crippen LogP contribution in [0, 0.1) is 5.92 Å². The van der Waals surface area contributed by atoms with Crippen LogP contribution in [-0.4, -0.2) is 24.5 Å². The van der Waals surface area contributed by atoms with Gasteiger partial charge in [-0.1, -0.05) is 32.1 Å². The van der Waals surface area contributed by atoms with Crippen LogP contribution in [0.15, 0.2) is 0 Å². The lowest BCUT2D eigenvalue weighted by Crippen LogP contribution is -2.53. The Labute approximate surface area is 111 Å². The van der Waals surface area contributed by atoms with Crippen LogP contribution in [-0.2, 0) is 4.79 Å². The first-order chi connectivity index (χ1) is 8.77. The van der Waals surface area contributed by atoms with E-state index in [0.29, 0.717) is 18.0 Å². The van der Waals surface area contributed by atoms with E-state index >= 15 is 0 Å². The molecule has 0 spiro atoms. The van der Waals surface area contributed by atoms with Gasteiger partial charge in [-0.05, 0) is 39.2 Å². The van der Waals surface area contributed by atoms with E-state index in [1.54, 1.807) is 0 Å². The van der Waals surface area contributed by atoms with Crippen molar-refractivity contribution in [2.75, 3.05) is 6.54 Å². The molecule has 0 radical (unpaired) electrons. The van der Waals surface area contributed by atoms with Crippen LogP contribution in [0.4, 0.5) is 0 Å². The second-order valence-electron chi connectivity index (χ2n) is 6.04. The van der Waals surface area contributed by atoms with Gasteiger partial charge in [-0.2, -0.15) is 0 Å². The van der Waals surface area contributed by atoms with Gasteiger partial charge in [-0.3, -0.25) is 4.79 Å². The Morgan fingerprint density at radius 3 is 2.33 bits per heavy atom. The predicted molar refractivity (Wildman–Crippen MR) is 74.4 cm³/mol. The maximum Gasteiger partial charge on any atom is 0.223 e. The maximum atomic E-state index is 12.3. The first-order valence-corrected chi connectivity index (χ1v) is 7.81. The Kier molecular flexibility index (Phi) is 5.48. The molecule has 18 heavy (non-hydrogen) atoms. The normalized spacial score (nSPS) is 31.4. The molecule has 2 rings (SSSR count). The van der Waals surface area contributed by atoms with Crippen LogP contribution in [0.3, 0.4) is 0 Å². The van der Waals surface area contributed by atoms with Gasteiger partial charge in [-0.25, -0.2) is 0 Å². The lowest BCUT2D eigenvalue weighted by molar-refractivity contribution is -0.126. The van der Waals surface area contributed by atoms with E-state index in [0.717, 1.165) is 25.8 Å². The standard InChI is InChI=1S/C15H28N2O/c1-12-14(10-7-11-16-12)17-15(18)13-8-5-3-2-4-6-9-13/h12-14,16H,2-11H2,1H3,(H,17,18). The molecule has 0 aromatic heterocycles. The highest BCUT2D eigenvalue weighted by Gasteiger charge is 2.26. The lowest BCUT2D eigenvalue weighted by Gasteiger charge is -2.32. The van der Waals surface area contributed by atoms with E-state index in [1.807, 2.05) is 0 Å². The molecule has 1 aliphatic carbocycles. The molecule has 1 aliphatic heterocycles. The molecule has 2 fully saturated rings. The molecule has 0 aromatic carbocycles. The summed E-state index contributed by atoms with van der Waals surface area (Å²) in [4.78, 5) is 12.3. The van der Waals surface area contributed by atoms with Crippen molar-refractivity contribution < 1.29 is 4.79 Å². The topological polar surface area (TPSA) is 41.1 Å². The van der Waals surface area contributed by atoms with Gasteiger partial charge in [0.15, 0.2) is 0 Å². The largest absolute Gasteiger partial charge is 0.352 e. The molecule has 1 saturated heterocycles. The van der Waals surface area contributed by atoms with Crippen LogP contribution in [0.1, 0.15) is 64.7 Å². The molecule has 1 amide bonds. The lowest BCUT2D eigenvalue weighted by atomic mass is 9.89. The summed E-state index contributed by atoms with van der Waals surface area (Å²) in [5.74, 6) is 0.594. The van der Waals surface area contributed by atoms with Crippen molar-refractivity contribution >= 4 is 5.91 Å². The molecule has 2 N–H and O–H groups in total. The summed E-state index contributed by atoms with van der Waals surface area (Å²) in [6.07, 6.45) is 11.0. The van der Waals surface area contributed by atoms with E-state index in [4.69, 9.17) is 0 Å². The fraction of sp³-hybridized carbons (Fsp3) is 0.933. The molecular formula is C15H28N2O. The molecule has 0 bridgehead atoms. The Hall–Kier alpha value is -0.570. The van der Waals surface area contributed by atoms with E-state index in [2.05, 4.69) is 17.6 Å². The van der Waals surface area contributed by atoms with E-state index in [9.17, 15) is 4.79 Å². The van der Waals surface area contributed by atoms with Crippen molar-refractivity contribution in [3.63, 3.8) is 0 Å². The zero-order chi connectivity index (χ0) is 12.8. The van der Waals surface area contributed by atoms with Crippen molar-refractivity contribution in [3.05, 3.63) is 0 Å². The molecule has 1 saturated carbocycles. The number of carbonyl (C=O) groups is 1. The number of carbonyl (C=O) groups excluding carboxylic acids is 1. The molecule has 0 aromatic rings. The summed E-state index contributed by atoms with van der Waals surface area (Å²) < 4.78 is 0. The number of amides is 1. The summed E-state index contributed by atoms with van der Waals surface area (Å²) in [6, 6.07) is 0.771. The van der Waals surface area contributed by atoms with Crippen molar-refractivity contribution in [2.24, 2.45) is 5.92 Å². The summed E-state index contributed by atoms with van der Waals surface area (Å²) in [5, 5.41) is 6.73. The average molecular weight is 252 g/mol. The molecule has 2 unspecified atom stereocenters. The number of hydrogen-bond acceptors (Lipinski definition) is 2. The molecule has 1 heterocycles. The first-order valence-electron chi connectivity index (χ1n) is 7.81. The SMILES string of the molecule is CC1NCCCC1NC(=O)C1CCCCCCC1. The molecule has 3 nitrogen and oxygen atoms in total. The van der Waals surface area contributed by atoms with Crippen LogP contribution < -0.4 is 10.6 Å². The van der Waals surface area contributed by atoms with Gasteiger partial charge >= 0.3 is 0 Å². The van der Waals surface area contributed by atoms with Crippen molar-refractivity contribution in [2.45, 2.75) is 76.8 Å². The monoisotopic (exact) mass is 252 g/mol. The van der Waals surface area contributed by atoms with Gasteiger partial charge in [-0.15, -0.1) is 0 Å². The Morgan fingerprint density at radius 1 is 1.00 bits per heavy atom. The maximum absolute atomic E-state index is 12.3. The second kappa shape index (κ2) is 7.13. The predicted octanol–water partition coefficient (Wildman–Crippen LogP) is 2.60. The second-order valence-corrected chi connectivity index (χ2v) is 6.04. The fourth-order valence-electron chi connectivity index (χ4n) is 3.26. The highest BCUT2D eigenvalue weighted by Crippen LogP contribution is 2.23. The number of hydrogen-bond donors (Lipinski definition) is 2. The molecule has 2 aliphatic rings. The highest BCUT2D eigenvalue weighted by atomic mass is 16.1. The van der Waals surface area contributed by atoms with Crippen LogP contribution in [0.2, 0.25) is 0 Å². The third-order valence-corrected chi connectivity index (χ3v) is 4.57. The van der Waals surface area contributed by atoms with Crippen LogP contribution in [0.25, 0.3) is 0 Å². The molecular weight excluding hydrogens is 224 g/mol. The first kappa shape index (κ1) is 13.9. The van der Waals surface area contributed by atoms with Crippen molar-refractivity contribution in [1.82, 2.24) is 10.6 Å². The minimum Gasteiger partial charge on any atom is -0.352 e. The van der Waals surface area contributed by atoms with Gasteiger partial charge in [0.2, 0.25) is 5.91 Å². The Morgan fingerprint density at radius 2 is 1.67 bits per heavy atom. The van der Waals surface area contributed by atoms with Crippen LogP contribution >= 0.6 is 0 Å². The smallest absolute Gasteiger partial charge is 0.223 e. The zero-order valence-electron chi connectivity index (χ0n) is 11.7. The molecule has 104 valence electrons. The van der Waals surface area contributed by atoms with Gasteiger partial charge < -0.3 is 10.6 Å². The van der Waals surface area contributed by atoms with E-state index in [-0.39, 0.29) is 5.92 Å². The van der Waals surface area contributed by atoms with Gasteiger partial charge in [0, 0.05) is 18.0 Å². The minimum absolute atomic E-state index is 0.277. The zero-order valence-corrected chi connectivity index (χ0v) is 11.7. The minimum atomic E-state index is 0.277. The number of nitrogens with one attached hydrogen (secondary N) is 2. The Balaban J connectivity index is 1.81. The number of piperidine rings is 1. The summed E-state index contributed by atoms with van der Waals surface area (Å²) in [5.41, 5.74) is 0. The molecule has 3 heteroatoms. The van der Waals surface area contributed by atoms with Gasteiger partial charge in [0.1, 0.15) is 0 Å².